The quantitative estimate of drug-likeness (QED) is 0.254. The molecule has 0 rings (SSSR count). The largest absolute Gasteiger partial charge is 1.00 e. The van der Waals surface area contributed by atoms with Crippen LogP contribution in [-0.4, -0.2) is 11.3 Å². The van der Waals surface area contributed by atoms with E-state index in [1.807, 2.05) is 0 Å². The van der Waals surface area contributed by atoms with Crippen molar-refractivity contribution in [3.63, 3.8) is 0 Å². The van der Waals surface area contributed by atoms with Crippen LogP contribution in [-0.2, 0) is 0 Å². The van der Waals surface area contributed by atoms with Crippen LogP contribution in [0.3, 0.4) is 0 Å². The van der Waals surface area contributed by atoms with Crippen molar-refractivity contribution in [2.45, 2.75) is 13.2 Å². The number of rotatable bonds is 0. The number of aliphatic hydroxyl groups excluding tert-OH is 1. The predicted molar refractivity (Wildman–Crippen MR) is 19.2 cm³/mol. The maximum absolute atomic E-state index is 7.83. The fourth-order valence-corrected chi connectivity index (χ4v) is 0. The Morgan fingerprint density at radius 2 is 1.43 bits per heavy atom. The Hall–Kier alpha value is 2.92. The Morgan fingerprint density at radius 3 is 1.43 bits per heavy atom. The summed E-state index contributed by atoms with van der Waals surface area (Å²) in [6.45, 7) is 1.50. The van der Waals surface area contributed by atoms with Gasteiger partial charge in [-0.05, 0) is 6.92 Å². The fourth-order valence-electron chi connectivity index (χ4n) is 0. The summed E-state index contributed by atoms with van der Waals surface area (Å²) >= 11 is 0. The minimum absolute atomic E-state index is 0. The van der Waals surface area contributed by atoms with Crippen molar-refractivity contribution in [3.05, 3.63) is 0 Å². The van der Waals surface area contributed by atoms with Gasteiger partial charge in [0.05, 0.1) is 6.23 Å². The van der Waals surface area contributed by atoms with Crippen LogP contribution in [0.5, 0.6) is 0 Å². The Labute approximate surface area is 115 Å². The van der Waals surface area contributed by atoms with E-state index in [1.165, 1.54) is 6.92 Å². The molecule has 0 saturated carbocycles. The molecule has 1 unspecified atom stereocenters. The van der Waals surface area contributed by atoms with E-state index in [4.69, 9.17) is 5.11 Å². The van der Waals surface area contributed by atoms with Crippen molar-refractivity contribution in [2.75, 3.05) is 0 Å². The Bertz CT molecular complexity index is 26.5. The average Bonchev–Trinajstić information content (AvgIpc) is 0.811. The van der Waals surface area contributed by atoms with Gasteiger partial charge < -0.3 is 15.1 Å². The minimum atomic E-state index is -0.667. The topological polar surface area (TPSA) is 46.2 Å². The van der Waals surface area contributed by atoms with Crippen LogP contribution in [0.4, 0.5) is 0 Å². The molecule has 0 saturated heterocycles. The van der Waals surface area contributed by atoms with Crippen molar-refractivity contribution in [2.24, 2.45) is 5.73 Å². The van der Waals surface area contributed by atoms with Gasteiger partial charge in [-0.2, -0.15) is 0 Å². The average molecular weight is 133 g/mol. The van der Waals surface area contributed by atoms with E-state index in [1.54, 1.807) is 0 Å². The third-order valence-corrected chi connectivity index (χ3v) is 0. The number of hydrogen-bond acceptors (Lipinski definition) is 2. The maximum Gasteiger partial charge on any atom is 1.00 e. The minimum Gasteiger partial charge on any atom is -1.00 e. The van der Waals surface area contributed by atoms with E-state index >= 15 is 0 Å². The zero-order chi connectivity index (χ0) is 3.58. The van der Waals surface area contributed by atoms with Gasteiger partial charge in [-0.25, -0.2) is 0 Å². The molecule has 0 aromatic heterocycles. The Morgan fingerprint density at radius 1 is 1.43 bits per heavy atom. The molecule has 0 aliphatic carbocycles. The smallest absolute Gasteiger partial charge is 1.00 e. The first kappa shape index (κ1) is 22.5. The first-order chi connectivity index (χ1) is 1.73. The number of hydrogen-bond donors (Lipinski definition) is 2. The van der Waals surface area contributed by atoms with Crippen LogP contribution in [0.1, 0.15) is 11.2 Å². The second kappa shape index (κ2) is 16.0. The molecule has 0 fully saturated rings. The van der Waals surface area contributed by atoms with Crippen molar-refractivity contribution >= 4 is 0 Å². The van der Waals surface area contributed by atoms with Crippen molar-refractivity contribution in [1.29, 1.82) is 0 Å². The van der Waals surface area contributed by atoms with Crippen LogP contribution in [0, 0.1) is 0 Å². The molecule has 0 aromatic carbocycles. The Balaban J connectivity index is -0.00000000300. The molecule has 7 heavy (non-hydrogen) atoms. The van der Waals surface area contributed by atoms with Gasteiger partial charge in [0.2, 0.25) is 0 Å². The van der Waals surface area contributed by atoms with Crippen LogP contribution >= 0.6 is 0 Å². The Kier molecular flexibility index (Phi) is 51.4. The molecule has 0 radical (unpaired) electrons. The molecule has 1 atom stereocenters. The van der Waals surface area contributed by atoms with Gasteiger partial charge in [0, 0.05) is 0 Å². The van der Waals surface area contributed by atoms with E-state index in [0.717, 1.165) is 0 Å². The van der Waals surface area contributed by atoms with Crippen molar-refractivity contribution in [1.82, 2.24) is 0 Å². The first-order valence-corrected chi connectivity index (χ1v) is 1.17. The summed E-state index contributed by atoms with van der Waals surface area (Å²) in [5.41, 5.74) is 4.67. The molecule has 0 amide bonds. The molecule has 0 aliphatic heterocycles. The molecular formula is C2H10NNa3O. The fraction of sp³-hybridized carbons (Fsp3) is 1.00. The van der Waals surface area contributed by atoms with E-state index in [0.29, 0.717) is 0 Å². The van der Waals surface area contributed by atoms with E-state index < -0.39 is 6.23 Å². The molecule has 0 heterocycles. The molecular weight excluding hydrogens is 123 g/mol. The monoisotopic (exact) mass is 133 g/mol. The summed E-state index contributed by atoms with van der Waals surface area (Å²) < 4.78 is 0. The summed E-state index contributed by atoms with van der Waals surface area (Å²) in [5, 5.41) is 7.83. The van der Waals surface area contributed by atoms with Crippen molar-refractivity contribution in [3.8, 4) is 0 Å². The zero-order valence-corrected chi connectivity index (χ0v) is 11.6. The van der Waals surface area contributed by atoms with Crippen molar-refractivity contribution < 1.29 is 98.1 Å². The van der Waals surface area contributed by atoms with Gasteiger partial charge >= 0.3 is 88.7 Å². The molecule has 5 heteroatoms. The molecule has 0 bridgehead atoms. The summed E-state index contributed by atoms with van der Waals surface area (Å²) in [7, 11) is 0. The second-order valence-corrected chi connectivity index (χ2v) is 0.741. The second-order valence-electron chi connectivity index (χ2n) is 0.741. The summed E-state index contributed by atoms with van der Waals surface area (Å²) in [4.78, 5) is 0. The molecule has 2 nitrogen and oxygen atoms in total. The molecule has 0 aliphatic rings. The zero-order valence-electron chi connectivity index (χ0n) is 8.60. The number of nitrogens with two attached hydrogens (primary N) is 1. The SMILES string of the molecule is CC(N)O.[H-].[H-].[H-].[Na+].[Na+].[Na+]. The predicted octanol–water partition coefficient (Wildman–Crippen LogP) is -9.37. The number of aliphatic hydroxyl groups is 1. The third-order valence-electron chi connectivity index (χ3n) is 0. The van der Waals surface area contributed by atoms with Gasteiger partial charge in [0.1, 0.15) is 0 Å². The standard InChI is InChI=1S/C2H7NO.3Na.3H/c1-2(3)4;;;;;;/h2,4H,3H2,1H3;;;;;;/q;3*+1;3*-1. The summed E-state index contributed by atoms with van der Waals surface area (Å²) in [6, 6.07) is 0. The molecule has 0 aromatic rings. The van der Waals surface area contributed by atoms with E-state index in [2.05, 4.69) is 5.73 Å². The van der Waals surface area contributed by atoms with Gasteiger partial charge in [0.15, 0.2) is 0 Å². The summed E-state index contributed by atoms with van der Waals surface area (Å²) in [5.74, 6) is 0. The van der Waals surface area contributed by atoms with Gasteiger partial charge in [-0.15, -0.1) is 0 Å². The first-order valence-electron chi connectivity index (χ1n) is 1.17. The third kappa shape index (κ3) is 50.1. The van der Waals surface area contributed by atoms with E-state index in [-0.39, 0.29) is 93.0 Å². The van der Waals surface area contributed by atoms with Crippen LogP contribution in [0.15, 0.2) is 0 Å². The van der Waals surface area contributed by atoms with Gasteiger partial charge in [-0.1, -0.05) is 0 Å². The van der Waals surface area contributed by atoms with Gasteiger partial charge in [-0.3, -0.25) is 0 Å². The molecule has 0 spiro atoms. The van der Waals surface area contributed by atoms with E-state index in [9.17, 15) is 0 Å². The van der Waals surface area contributed by atoms with Crippen LogP contribution < -0.4 is 94.4 Å². The van der Waals surface area contributed by atoms with Crippen LogP contribution in [0.2, 0.25) is 0 Å². The van der Waals surface area contributed by atoms with Crippen LogP contribution in [0.25, 0.3) is 0 Å². The molecule has 32 valence electrons. The summed E-state index contributed by atoms with van der Waals surface area (Å²) in [6.07, 6.45) is -0.667. The van der Waals surface area contributed by atoms with Gasteiger partial charge in [0.25, 0.3) is 0 Å². The molecule has 3 N–H and O–H groups in total. The normalized spacial score (nSPS) is 9.00. The maximum atomic E-state index is 7.83.